The molecule has 0 aromatic carbocycles. The van der Waals surface area contributed by atoms with Gasteiger partial charge in [0, 0.05) is 25.5 Å². The van der Waals surface area contributed by atoms with Crippen LogP contribution in [-0.2, 0) is 13.5 Å². The lowest BCUT2D eigenvalue weighted by molar-refractivity contribution is 0.122. The number of aromatic nitrogens is 2. The zero-order valence-electron chi connectivity index (χ0n) is 10.0. The van der Waals surface area contributed by atoms with Crippen LogP contribution >= 0.6 is 0 Å². The SMILES string of the molecule is CCCC(C)(CO)CCc1ccnn1C. The fourth-order valence-corrected chi connectivity index (χ4v) is 1.96. The van der Waals surface area contributed by atoms with E-state index in [1.165, 1.54) is 5.69 Å². The summed E-state index contributed by atoms with van der Waals surface area (Å²) < 4.78 is 1.91. The number of aliphatic hydroxyl groups is 1. The van der Waals surface area contributed by atoms with Gasteiger partial charge in [0.25, 0.3) is 0 Å². The fourth-order valence-electron chi connectivity index (χ4n) is 1.96. The zero-order valence-corrected chi connectivity index (χ0v) is 10.0. The van der Waals surface area contributed by atoms with Crippen LogP contribution in [0.25, 0.3) is 0 Å². The molecule has 0 bridgehead atoms. The monoisotopic (exact) mass is 210 g/mol. The maximum atomic E-state index is 9.39. The van der Waals surface area contributed by atoms with Crippen LogP contribution in [-0.4, -0.2) is 21.5 Å². The molecular weight excluding hydrogens is 188 g/mol. The van der Waals surface area contributed by atoms with Crippen molar-refractivity contribution < 1.29 is 5.11 Å². The van der Waals surface area contributed by atoms with Gasteiger partial charge in [0.1, 0.15) is 0 Å². The lowest BCUT2D eigenvalue weighted by Gasteiger charge is -2.26. The van der Waals surface area contributed by atoms with E-state index in [9.17, 15) is 5.11 Å². The minimum atomic E-state index is 0.0685. The molecule has 0 radical (unpaired) electrons. The quantitative estimate of drug-likeness (QED) is 0.781. The van der Waals surface area contributed by atoms with Crippen LogP contribution in [0.1, 0.15) is 38.8 Å². The predicted octanol–water partition coefficient (Wildman–Crippen LogP) is 2.15. The Morgan fingerprint density at radius 2 is 2.20 bits per heavy atom. The molecule has 0 saturated carbocycles. The van der Waals surface area contributed by atoms with Gasteiger partial charge in [0.2, 0.25) is 0 Å². The fraction of sp³-hybridized carbons (Fsp3) is 0.750. The Kier molecular flexibility index (Phi) is 4.33. The number of hydrogen-bond donors (Lipinski definition) is 1. The van der Waals surface area contributed by atoms with Gasteiger partial charge in [-0.3, -0.25) is 4.68 Å². The number of aliphatic hydroxyl groups excluding tert-OH is 1. The average molecular weight is 210 g/mol. The van der Waals surface area contributed by atoms with Crippen molar-refractivity contribution in [2.24, 2.45) is 12.5 Å². The van der Waals surface area contributed by atoms with E-state index in [-0.39, 0.29) is 12.0 Å². The number of hydrogen-bond acceptors (Lipinski definition) is 2. The van der Waals surface area contributed by atoms with Crippen LogP contribution in [0.4, 0.5) is 0 Å². The summed E-state index contributed by atoms with van der Waals surface area (Å²) in [5.41, 5.74) is 1.31. The number of nitrogens with zero attached hydrogens (tertiary/aromatic N) is 2. The lowest BCUT2D eigenvalue weighted by atomic mass is 9.81. The summed E-state index contributed by atoms with van der Waals surface area (Å²) in [4.78, 5) is 0. The van der Waals surface area contributed by atoms with Crippen molar-refractivity contribution in [1.82, 2.24) is 9.78 Å². The molecule has 0 aliphatic carbocycles. The predicted molar refractivity (Wildman–Crippen MR) is 61.6 cm³/mol. The lowest BCUT2D eigenvalue weighted by Crippen LogP contribution is -2.22. The first kappa shape index (κ1) is 12.2. The topological polar surface area (TPSA) is 38.1 Å². The van der Waals surface area contributed by atoms with Gasteiger partial charge >= 0.3 is 0 Å². The average Bonchev–Trinajstić information content (AvgIpc) is 2.62. The van der Waals surface area contributed by atoms with Crippen molar-refractivity contribution in [3.8, 4) is 0 Å². The molecule has 0 spiro atoms. The van der Waals surface area contributed by atoms with Gasteiger partial charge in [-0.25, -0.2) is 0 Å². The molecule has 86 valence electrons. The Labute approximate surface area is 92.1 Å². The second-order valence-corrected chi connectivity index (χ2v) is 4.66. The highest BCUT2D eigenvalue weighted by Crippen LogP contribution is 2.28. The summed E-state index contributed by atoms with van der Waals surface area (Å²) in [6.07, 6.45) is 6.06. The summed E-state index contributed by atoms with van der Waals surface area (Å²) in [5, 5.41) is 13.5. The molecule has 0 saturated heterocycles. The highest BCUT2D eigenvalue weighted by molar-refractivity contribution is 5.00. The molecule has 1 heterocycles. The molecule has 1 unspecified atom stereocenters. The van der Waals surface area contributed by atoms with Crippen LogP contribution in [0.5, 0.6) is 0 Å². The first-order chi connectivity index (χ1) is 7.11. The van der Waals surface area contributed by atoms with E-state index in [4.69, 9.17) is 0 Å². The third kappa shape index (κ3) is 3.34. The van der Waals surface area contributed by atoms with Crippen LogP contribution in [0.3, 0.4) is 0 Å². The van der Waals surface area contributed by atoms with E-state index in [2.05, 4.69) is 18.9 Å². The van der Waals surface area contributed by atoms with Crippen LogP contribution in [0, 0.1) is 5.41 Å². The molecular formula is C12H22N2O. The molecule has 0 amide bonds. The Bertz CT molecular complexity index is 296. The van der Waals surface area contributed by atoms with E-state index in [1.54, 1.807) is 0 Å². The molecule has 1 rings (SSSR count). The van der Waals surface area contributed by atoms with Gasteiger partial charge in [0.15, 0.2) is 0 Å². The van der Waals surface area contributed by atoms with Gasteiger partial charge in [-0.1, -0.05) is 20.3 Å². The highest BCUT2D eigenvalue weighted by atomic mass is 16.3. The van der Waals surface area contributed by atoms with Crippen LogP contribution in [0.15, 0.2) is 12.3 Å². The molecule has 15 heavy (non-hydrogen) atoms. The van der Waals surface area contributed by atoms with Gasteiger partial charge in [-0.2, -0.15) is 5.10 Å². The van der Waals surface area contributed by atoms with E-state index >= 15 is 0 Å². The van der Waals surface area contributed by atoms with Crippen molar-refractivity contribution in [3.05, 3.63) is 18.0 Å². The summed E-state index contributed by atoms with van der Waals surface area (Å²) in [6, 6.07) is 2.05. The summed E-state index contributed by atoms with van der Waals surface area (Å²) >= 11 is 0. The normalized spacial score (nSPS) is 15.2. The standard InChI is InChI=1S/C12H22N2O/c1-4-7-12(2,10-15)8-5-11-6-9-13-14(11)3/h6,9,15H,4-5,7-8,10H2,1-3H3. The zero-order chi connectivity index (χ0) is 11.3. The van der Waals surface area contributed by atoms with Gasteiger partial charge in [0.05, 0.1) is 0 Å². The molecule has 3 heteroatoms. The Hall–Kier alpha value is -0.830. The van der Waals surface area contributed by atoms with E-state index in [1.807, 2.05) is 24.0 Å². The van der Waals surface area contributed by atoms with Gasteiger partial charge in [-0.15, -0.1) is 0 Å². The minimum Gasteiger partial charge on any atom is -0.396 e. The third-order valence-corrected chi connectivity index (χ3v) is 3.14. The van der Waals surface area contributed by atoms with E-state index in [0.29, 0.717) is 0 Å². The van der Waals surface area contributed by atoms with E-state index in [0.717, 1.165) is 25.7 Å². The maximum absolute atomic E-state index is 9.39. The summed E-state index contributed by atoms with van der Waals surface area (Å²) in [7, 11) is 1.96. The molecule has 0 aliphatic heterocycles. The van der Waals surface area contributed by atoms with Crippen molar-refractivity contribution in [2.75, 3.05) is 6.61 Å². The minimum absolute atomic E-state index is 0.0685. The van der Waals surface area contributed by atoms with Crippen LogP contribution in [0.2, 0.25) is 0 Å². The third-order valence-electron chi connectivity index (χ3n) is 3.14. The second-order valence-electron chi connectivity index (χ2n) is 4.66. The molecule has 0 aliphatic rings. The van der Waals surface area contributed by atoms with Crippen molar-refractivity contribution >= 4 is 0 Å². The van der Waals surface area contributed by atoms with Crippen LogP contribution < -0.4 is 0 Å². The molecule has 3 nitrogen and oxygen atoms in total. The van der Waals surface area contributed by atoms with Crippen molar-refractivity contribution in [2.45, 2.75) is 39.5 Å². The molecule has 1 aromatic rings. The first-order valence-electron chi connectivity index (χ1n) is 5.69. The summed E-state index contributed by atoms with van der Waals surface area (Å²) in [5.74, 6) is 0. The largest absolute Gasteiger partial charge is 0.396 e. The van der Waals surface area contributed by atoms with E-state index < -0.39 is 0 Å². The first-order valence-corrected chi connectivity index (χ1v) is 5.69. The molecule has 1 atom stereocenters. The Morgan fingerprint density at radius 3 is 2.67 bits per heavy atom. The Balaban J connectivity index is 2.51. The van der Waals surface area contributed by atoms with Crippen molar-refractivity contribution in [3.63, 3.8) is 0 Å². The smallest absolute Gasteiger partial charge is 0.0492 e. The Morgan fingerprint density at radius 1 is 1.47 bits per heavy atom. The number of aryl methyl sites for hydroxylation is 2. The van der Waals surface area contributed by atoms with Gasteiger partial charge < -0.3 is 5.11 Å². The van der Waals surface area contributed by atoms with Gasteiger partial charge in [-0.05, 0) is 30.7 Å². The second kappa shape index (κ2) is 5.31. The molecule has 1 N–H and O–H groups in total. The molecule has 0 fully saturated rings. The highest BCUT2D eigenvalue weighted by Gasteiger charge is 2.22. The number of rotatable bonds is 6. The van der Waals surface area contributed by atoms with Crippen molar-refractivity contribution in [1.29, 1.82) is 0 Å². The summed E-state index contributed by atoms with van der Waals surface area (Å²) in [6.45, 7) is 4.60. The molecule has 1 aromatic heterocycles. The maximum Gasteiger partial charge on any atom is 0.0492 e.